The summed E-state index contributed by atoms with van der Waals surface area (Å²) in [7, 11) is 4.64. The number of rotatable bonds is 7. The number of carbonyl (C=O) groups excluding carboxylic acids is 2. The molecule has 2 heterocycles. The number of fused-ring (bicyclic) bond motifs is 1. The molecule has 0 radical (unpaired) electrons. The van der Waals surface area contributed by atoms with Gasteiger partial charge in [0.25, 0.3) is 5.91 Å². The molecule has 4 rings (SSSR count). The second-order valence-electron chi connectivity index (χ2n) is 6.91. The number of nitrogens with zero attached hydrogens (tertiary/aromatic N) is 2. The number of ether oxygens (including phenoxy) is 3. The van der Waals surface area contributed by atoms with Gasteiger partial charge in [0.1, 0.15) is 29.1 Å². The van der Waals surface area contributed by atoms with Crippen LogP contribution >= 0.6 is 0 Å². The van der Waals surface area contributed by atoms with Gasteiger partial charge in [0.15, 0.2) is 0 Å². The molecule has 0 saturated carbocycles. The Kier molecular flexibility index (Phi) is 5.48. The first-order chi connectivity index (χ1) is 15.0. The average Bonchev–Trinajstić information content (AvgIpc) is 3.32. The number of hydrogen-bond acceptors (Lipinski definition) is 6. The molecule has 160 valence electrons. The van der Waals surface area contributed by atoms with Gasteiger partial charge in [0, 0.05) is 11.6 Å². The third kappa shape index (κ3) is 3.89. The number of benzene rings is 2. The number of carbonyl (C=O) groups is 2. The Hall–Kier alpha value is -4.01. The van der Waals surface area contributed by atoms with Crippen molar-refractivity contribution in [1.82, 2.24) is 9.78 Å². The predicted molar refractivity (Wildman–Crippen MR) is 115 cm³/mol. The molecule has 0 aliphatic carbocycles. The minimum Gasteiger partial charge on any atom is -0.497 e. The summed E-state index contributed by atoms with van der Waals surface area (Å²) in [6, 6.07) is 11.8. The summed E-state index contributed by atoms with van der Waals surface area (Å²) in [5.74, 6) is 1.68. The lowest BCUT2D eigenvalue weighted by molar-refractivity contribution is -0.123. The number of methoxy groups -OCH3 is 3. The van der Waals surface area contributed by atoms with E-state index in [1.165, 1.54) is 14.2 Å². The van der Waals surface area contributed by atoms with Gasteiger partial charge in [-0.25, -0.2) is 4.68 Å². The van der Waals surface area contributed by atoms with Crippen molar-refractivity contribution in [2.24, 2.45) is 0 Å². The summed E-state index contributed by atoms with van der Waals surface area (Å²) >= 11 is 0. The van der Waals surface area contributed by atoms with Crippen molar-refractivity contribution in [1.29, 1.82) is 0 Å². The molecular formula is C22H22N4O5. The third-order valence-electron chi connectivity index (χ3n) is 5.08. The predicted octanol–water partition coefficient (Wildman–Crippen LogP) is 3.10. The molecule has 2 aromatic carbocycles. The zero-order valence-electron chi connectivity index (χ0n) is 17.3. The van der Waals surface area contributed by atoms with Crippen LogP contribution in [0.15, 0.2) is 48.7 Å². The zero-order valence-corrected chi connectivity index (χ0v) is 17.3. The van der Waals surface area contributed by atoms with Crippen molar-refractivity contribution in [3.8, 4) is 28.4 Å². The molecule has 1 unspecified atom stereocenters. The monoisotopic (exact) mass is 422 g/mol. The van der Waals surface area contributed by atoms with Crippen LogP contribution < -0.4 is 24.8 Å². The fourth-order valence-electron chi connectivity index (χ4n) is 3.50. The number of amides is 2. The van der Waals surface area contributed by atoms with E-state index < -0.39 is 6.04 Å². The number of anilines is 2. The second-order valence-corrected chi connectivity index (χ2v) is 6.91. The van der Waals surface area contributed by atoms with E-state index in [-0.39, 0.29) is 18.2 Å². The maximum absolute atomic E-state index is 12.7. The van der Waals surface area contributed by atoms with Gasteiger partial charge in [0.05, 0.1) is 39.6 Å². The Bertz CT molecular complexity index is 1140. The smallest absolute Gasteiger partial charge is 0.251 e. The lowest BCUT2D eigenvalue weighted by Gasteiger charge is -2.13. The Morgan fingerprint density at radius 2 is 1.87 bits per heavy atom. The molecule has 3 aromatic rings. The maximum atomic E-state index is 12.7. The van der Waals surface area contributed by atoms with Gasteiger partial charge in [-0.3, -0.25) is 9.59 Å². The van der Waals surface area contributed by atoms with Crippen LogP contribution in [0.2, 0.25) is 0 Å². The van der Waals surface area contributed by atoms with Crippen LogP contribution in [0, 0.1) is 0 Å². The summed E-state index contributed by atoms with van der Waals surface area (Å²) in [6.45, 7) is 0. The van der Waals surface area contributed by atoms with E-state index in [9.17, 15) is 9.59 Å². The standard InChI is InChI=1S/C22H22N4O5/c1-29-14-6-4-5-13(9-14)16-12-23-26-18(22(28)25-21(16)26)11-20(27)24-17-10-15(30-2)7-8-19(17)31-3/h4-10,12,18H,11H2,1-3H3,(H,24,27)(H,25,28). The van der Waals surface area contributed by atoms with E-state index in [4.69, 9.17) is 14.2 Å². The van der Waals surface area contributed by atoms with E-state index in [1.54, 1.807) is 36.2 Å². The molecule has 0 fully saturated rings. The molecule has 1 aliphatic heterocycles. The quantitative estimate of drug-likeness (QED) is 0.606. The number of nitrogens with one attached hydrogen (secondary N) is 2. The van der Waals surface area contributed by atoms with Gasteiger partial charge < -0.3 is 24.8 Å². The fraction of sp³-hybridized carbons (Fsp3) is 0.227. The summed E-state index contributed by atoms with van der Waals surface area (Å²) in [5.41, 5.74) is 2.07. The van der Waals surface area contributed by atoms with E-state index in [1.807, 2.05) is 24.3 Å². The topological polar surface area (TPSA) is 104 Å². The van der Waals surface area contributed by atoms with Gasteiger partial charge in [-0.05, 0) is 29.8 Å². The fourth-order valence-corrected chi connectivity index (χ4v) is 3.50. The van der Waals surface area contributed by atoms with Crippen LogP contribution in [0.3, 0.4) is 0 Å². The maximum Gasteiger partial charge on any atom is 0.251 e. The summed E-state index contributed by atoms with van der Waals surface area (Å²) in [5, 5.41) is 9.97. The van der Waals surface area contributed by atoms with Crippen LogP contribution in [0.25, 0.3) is 11.1 Å². The average molecular weight is 422 g/mol. The van der Waals surface area contributed by atoms with Gasteiger partial charge >= 0.3 is 0 Å². The highest BCUT2D eigenvalue weighted by atomic mass is 16.5. The van der Waals surface area contributed by atoms with Crippen LogP contribution in [-0.4, -0.2) is 42.9 Å². The number of aromatic nitrogens is 2. The highest BCUT2D eigenvalue weighted by Crippen LogP contribution is 2.37. The Balaban J connectivity index is 1.55. The first-order valence-electron chi connectivity index (χ1n) is 9.58. The summed E-state index contributed by atoms with van der Waals surface area (Å²) in [6.07, 6.45) is 1.58. The lowest BCUT2D eigenvalue weighted by atomic mass is 10.1. The largest absolute Gasteiger partial charge is 0.497 e. The van der Waals surface area contributed by atoms with Crippen molar-refractivity contribution in [3.63, 3.8) is 0 Å². The molecule has 31 heavy (non-hydrogen) atoms. The normalized spacial score (nSPS) is 14.5. The zero-order chi connectivity index (χ0) is 22.0. The van der Waals surface area contributed by atoms with Crippen LogP contribution in [0.4, 0.5) is 11.5 Å². The molecule has 9 heteroatoms. The Labute approximate surface area is 178 Å². The van der Waals surface area contributed by atoms with Gasteiger partial charge in [-0.15, -0.1) is 0 Å². The third-order valence-corrected chi connectivity index (χ3v) is 5.08. The molecule has 0 saturated heterocycles. The highest BCUT2D eigenvalue weighted by Gasteiger charge is 2.35. The van der Waals surface area contributed by atoms with Gasteiger partial charge in [-0.1, -0.05) is 12.1 Å². The number of hydrogen-bond donors (Lipinski definition) is 2. The Morgan fingerprint density at radius 3 is 2.61 bits per heavy atom. The lowest BCUT2D eigenvalue weighted by Crippen LogP contribution is -2.23. The Morgan fingerprint density at radius 1 is 1.10 bits per heavy atom. The minimum absolute atomic E-state index is 0.0849. The van der Waals surface area contributed by atoms with Crippen molar-refractivity contribution in [2.75, 3.05) is 32.0 Å². The van der Waals surface area contributed by atoms with E-state index >= 15 is 0 Å². The van der Waals surface area contributed by atoms with E-state index in [0.29, 0.717) is 28.8 Å². The van der Waals surface area contributed by atoms with E-state index in [0.717, 1.165) is 11.1 Å². The van der Waals surface area contributed by atoms with E-state index in [2.05, 4.69) is 15.7 Å². The second kappa shape index (κ2) is 8.39. The minimum atomic E-state index is -0.758. The first kappa shape index (κ1) is 20.3. The molecule has 0 spiro atoms. The van der Waals surface area contributed by atoms with Gasteiger partial charge in [-0.2, -0.15) is 5.10 Å². The highest BCUT2D eigenvalue weighted by molar-refractivity contribution is 6.04. The van der Waals surface area contributed by atoms with Crippen molar-refractivity contribution in [2.45, 2.75) is 12.5 Å². The molecule has 0 bridgehead atoms. The van der Waals surface area contributed by atoms with Crippen molar-refractivity contribution in [3.05, 3.63) is 48.7 Å². The molecular weight excluding hydrogens is 400 g/mol. The van der Waals surface area contributed by atoms with Crippen molar-refractivity contribution < 1.29 is 23.8 Å². The first-order valence-corrected chi connectivity index (χ1v) is 9.58. The summed E-state index contributed by atoms with van der Waals surface area (Å²) in [4.78, 5) is 25.3. The summed E-state index contributed by atoms with van der Waals surface area (Å²) < 4.78 is 17.3. The molecule has 2 amide bonds. The molecule has 1 atom stereocenters. The van der Waals surface area contributed by atoms with Crippen molar-refractivity contribution >= 4 is 23.3 Å². The SMILES string of the molecule is COc1cccc(-c2cnn3c2NC(=O)C3CC(=O)Nc2cc(OC)ccc2OC)c1. The molecule has 1 aromatic heterocycles. The molecule has 1 aliphatic rings. The van der Waals surface area contributed by atoms with Crippen LogP contribution in [0.1, 0.15) is 12.5 Å². The molecule has 9 nitrogen and oxygen atoms in total. The van der Waals surface area contributed by atoms with Crippen LogP contribution in [0.5, 0.6) is 17.2 Å². The van der Waals surface area contributed by atoms with Crippen LogP contribution in [-0.2, 0) is 9.59 Å². The molecule has 2 N–H and O–H groups in total. The van der Waals surface area contributed by atoms with Gasteiger partial charge in [0.2, 0.25) is 5.91 Å².